The summed E-state index contributed by atoms with van der Waals surface area (Å²) in [5, 5.41) is 11.8. The van der Waals surface area contributed by atoms with Crippen molar-refractivity contribution in [1.29, 1.82) is 0 Å². The molecular formula is C26H26FN3O4. The summed E-state index contributed by atoms with van der Waals surface area (Å²) < 4.78 is 21.6. The number of allylic oxidation sites excluding steroid dienone is 1. The molecular weight excluding hydrogens is 437 g/mol. The van der Waals surface area contributed by atoms with Crippen LogP contribution in [0.5, 0.6) is 0 Å². The highest BCUT2D eigenvalue weighted by Gasteiger charge is 2.45. The van der Waals surface area contributed by atoms with E-state index in [2.05, 4.69) is 0 Å². The summed E-state index contributed by atoms with van der Waals surface area (Å²) in [5.74, 6) is -1.15. The van der Waals surface area contributed by atoms with Crippen LogP contribution in [0.4, 0.5) is 4.39 Å². The van der Waals surface area contributed by atoms with E-state index in [-0.39, 0.29) is 48.6 Å². The summed E-state index contributed by atoms with van der Waals surface area (Å²) in [6.07, 6.45) is 1.98. The standard InChI is InChI=1S/C26H26FN3O4/c1-5-26(33)18-7-21-23-16(10-30(21)24(31)17(18)11-34-25(26)32)15(9-28)22-14(6-12(2)3)13(4)19(27)8-20(22)29-23/h6-8,33H,5,9-11,28H2,1-4H3/t26-/m0/s1. The van der Waals surface area contributed by atoms with Gasteiger partial charge in [0.25, 0.3) is 5.56 Å². The third-order valence-electron chi connectivity index (χ3n) is 6.97. The second-order valence-corrected chi connectivity index (χ2v) is 9.24. The van der Waals surface area contributed by atoms with Crippen LogP contribution in [0.25, 0.3) is 28.4 Å². The lowest BCUT2D eigenvalue weighted by Gasteiger charge is -2.31. The van der Waals surface area contributed by atoms with Gasteiger partial charge in [-0.15, -0.1) is 0 Å². The minimum Gasteiger partial charge on any atom is -0.458 e. The van der Waals surface area contributed by atoms with Crippen LogP contribution in [-0.2, 0) is 34.8 Å². The molecule has 0 fully saturated rings. The Morgan fingerprint density at radius 2 is 2.06 bits per heavy atom. The van der Waals surface area contributed by atoms with Crippen LogP contribution in [0.3, 0.4) is 0 Å². The fourth-order valence-corrected chi connectivity index (χ4v) is 5.13. The number of ether oxygens (including phenoxy) is 1. The Bertz CT molecular complexity index is 1500. The Kier molecular flexibility index (Phi) is 5.00. The van der Waals surface area contributed by atoms with Crippen LogP contribution in [0.15, 0.2) is 22.5 Å². The number of benzene rings is 1. The second kappa shape index (κ2) is 7.58. The van der Waals surface area contributed by atoms with Crippen molar-refractivity contribution in [3.63, 3.8) is 0 Å². The van der Waals surface area contributed by atoms with Crippen molar-refractivity contribution in [1.82, 2.24) is 9.55 Å². The van der Waals surface area contributed by atoms with Crippen molar-refractivity contribution < 1.29 is 19.0 Å². The van der Waals surface area contributed by atoms with Gasteiger partial charge < -0.3 is 20.1 Å². The zero-order valence-electron chi connectivity index (χ0n) is 19.6. The maximum absolute atomic E-state index is 14.9. The van der Waals surface area contributed by atoms with Crippen molar-refractivity contribution in [2.24, 2.45) is 5.73 Å². The number of hydrogen-bond donors (Lipinski definition) is 2. The van der Waals surface area contributed by atoms with Crippen LogP contribution in [0.1, 0.15) is 60.6 Å². The number of carbonyl (C=O) groups is 1. The number of fused-ring (bicyclic) bond motifs is 5. The van der Waals surface area contributed by atoms with E-state index in [9.17, 15) is 19.1 Å². The third kappa shape index (κ3) is 2.91. The van der Waals surface area contributed by atoms with Gasteiger partial charge in [0, 0.05) is 29.1 Å². The number of aliphatic hydroxyl groups is 1. The molecule has 3 N–H and O–H groups in total. The van der Waals surface area contributed by atoms with Gasteiger partial charge in [-0.05, 0) is 49.9 Å². The molecule has 8 heteroatoms. The predicted octanol–water partition coefficient (Wildman–Crippen LogP) is 3.41. The van der Waals surface area contributed by atoms with Crippen molar-refractivity contribution in [2.75, 3.05) is 0 Å². The van der Waals surface area contributed by atoms with Crippen LogP contribution in [0, 0.1) is 12.7 Å². The molecule has 0 amide bonds. The van der Waals surface area contributed by atoms with Gasteiger partial charge >= 0.3 is 5.97 Å². The van der Waals surface area contributed by atoms with Gasteiger partial charge in [0.05, 0.1) is 29.0 Å². The monoisotopic (exact) mass is 463 g/mol. The van der Waals surface area contributed by atoms with E-state index in [0.29, 0.717) is 22.5 Å². The molecule has 1 atom stereocenters. The van der Waals surface area contributed by atoms with Crippen LogP contribution in [-0.4, -0.2) is 20.6 Å². The summed E-state index contributed by atoms with van der Waals surface area (Å²) >= 11 is 0. The highest BCUT2D eigenvalue weighted by Crippen LogP contribution is 2.41. The van der Waals surface area contributed by atoms with Crippen LogP contribution >= 0.6 is 0 Å². The molecule has 0 radical (unpaired) electrons. The van der Waals surface area contributed by atoms with E-state index < -0.39 is 11.6 Å². The smallest absolute Gasteiger partial charge is 0.343 e. The Morgan fingerprint density at radius 3 is 2.71 bits per heavy atom. The molecule has 2 aliphatic rings. The van der Waals surface area contributed by atoms with Crippen molar-refractivity contribution in [2.45, 2.75) is 59.4 Å². The minimum atomic E-state index is -1.90. The lowest BCUT2D eigenvalue weighted by Crippen LogP contribution is -2.44. The fourth-order valence-electron chi connectivity index (χ4n) is 5.13. The number of hydrogen-bond acceptors (Lipinski definition) is 6. The quantitative estimate of drug-likeness (QED) is 0.451. The first-order valence-corrected chi connectivity index (χ1v) is 11.3. The molecule has 0 saturated carbocycles. The molecule has 2 aromatic heterocycles. The number of nitrogens with two attached hydrogens (primary N) is 1. The van der Waals surface area contributed by atoms with Crippen molar-refractivity contribution >= 4 is 22.9 Å². The first-order chi connectivity index (χ1) is 16.1. The lowest BCUT2D eigenvalue weighted by molar-refractivity contribution is -0.172. The maximum atomic E-state index is 14.9. The van der Waals surface area contributed by atoms with Gasteiger partial charge in [0.2, 0.25) is 0 Å². The molecule has 0 unspecified atom stereocenters. The summed E-state index contributed by atoms with van der Waals surface area (Å²) in [6, 6.07) is 3.04. The highest BCUT2D eigenvalue weighted by molar-refractivity contribution is 5.96. The molecule has 34 heavy (non-hydrogen) atoms. The van der Waals surface area contributed by atoms with Gasteiger partial charge in [-0.25, -0.2) is 14.2 Å². The molecule has 5 rings (SSSR count). The summed E-state index contributed by atoms with van der Waals surface area (Å²) in [6.45, 7) is 7.50. The average molecular weight is 464 g/mol. The summed E-state index contributed by atoms with van der Waals surface area (Å²) in [4.78, 5) is 30.6. The van der Waals surface area contributed by atoms with Gasteiger partial charge in [0.15, 0.2) is 5.60 Å². The molecule has 0 bridgehead atoms. The van der Waals surface area contributed by atoms with Crippen molar-refractivity contribution in [3.05, 3.63) is 67.3 Å². The molecule has 4 heterocycles. The number of nitrogens with zero attached hydrogens (tertiary/aromatic N) is 2. The van der Waals surface area contributed by atoms with E-state index in [1.165, 1.54) is 6.07 Å². The SMILES string of the molecule is CC[C@@]1(O)C(=O)OCc2c1cc1n(c2=O)Cc2c-1nc1cc(F)c(C)c(C=C(C)C)c1c2CN. The molecule has 3 aromatic rings. The second-order valence-electron chi connectivity index (χ2n) is 9.24. The van der Waals surface area contributed by atoms with E-state index in [4.69, 9.17) is 15.5 Å². The van der Waals surface area contributed by atoms with Gasteiger partial charge in [0.1, 0.15) is 12.4 Å². The average Bonchev–Trinajstić information content (AvgIpc) is 3.17. The first-order valence-electron chi connectivity index (χ1n) is 11.3. The Balaban J connectivity index is 1.87. The Labute approximate surface area is 195 Å². The van der Waals surface area contributed by atoms with E-state index in [1.807, 2.05) is 19.9 Å². The lowest BCUT2D eigenvalue weighted by atomic mass is 9.86. The Morgan fingerprint density at radius 1 is 1.32 bits per heavy atom. The number of pyridine rings is 2. The Hall–Kier alpha value is -3.36. The van der Waals surface area contributed by atoms with Crippen LogP contribution in [0.2, 0.25) is 0 Å². The number of rotatable bonds is 3. The molecule has 0 aliphatic carbocycles. The predicted molar refractivity (Wildman–Crippen MR) is 126 cm³/mol. The largest absolute Gasteiger partial charge is 0.458 e. The third-order valence-corrected chi connectivity index (χ3v) is 6.97. The van der Waals surface area contributed by atoms with E-state index in [1.54, 1.807) is 24.5 Å². The van der Waals surface area contributed by atoms with Gasteiger partial charge in [-0.3, -0.25) is 4.79 Å². The first kappa shape index (κ1) is 22.4. The van der Waals surface area contributed by atoms with Crippen LogP contribution < -0.4 is 11.3 Å². The molecule has 7 nitrogen and oxygen atoms in total. The number of halogens is 1. The number of carbonyl (C=O) groups excluding carboxylic acids is 1. The zero-order valence-corrected chi connectivity index (χ0v) is 19.6. The highest BCUT2D eigenvalue weighted by atomic mass is 19.1. The summed E-state index contributed by atoms with van der Waals surface area (Å²) in [7, 11) is 0. The van der Waals surface area contributed by atoms with E-state index in [0.717, 1.165) is 27.6 Å². The molecule has 0 saturated heterocycles. The van der Waals surface area contributed by atoms with E-state index >= 15 is 0 Å². The molecule has 2 aliphatic heterocycles. The fraction of sp³-hybridized carbons (Fsp3) is 0.346. The van der Waals surface area contributed by atoms with Gasteiger partial charge in [-0.1, -0.05) is 18.6 Å². The maximum Gasteiger partial charge on any atom is 0.343 e. The van der Waals surface area contributed by atoms with Gasteiger partial charge in [-0.2, -0.15) is 0 Å². The number of aromatic nitrogens is 2. The topological polar surface area (TPSA) is 107 Å². The molecule has 0 spiro atoms. The zero-order chi connectivity index (χ0) is 24.5. The number of esters is 1. The molecule has 176 valence electrons. The van der Waals surface area contributed by atoms with Crippen molar-refractivity contribution in [3.8, 4) is 11.4 Å². The summed E-state index contributed by atoms with van der Waals surface area (Å²) in [5.41, 5.74) is 9.74. The molecule has 1 aromatic carbocycles. The number of cyclic esters (lactones) is 1. The minimum absolute atomic E-state index is 0.0599. The normalized spacial score (nSPS) is 18.4.